The number of β-amino-alcohol motifs (C(OH)–C–C–N with tert-alkyl or cyclic N) is 1. The molecule has 2 aromatic rings. The van der Waals surface area contributed by atoms with Crippen LogP contribution in [-0.2, 0) is 0 Å². The lowest BCUT2D eigenvalue weighted by Gasteiger charge is -2.27. The van der Waals surface area contributed by atoms with E-state index in [1.807, 2.05) is 19.0 Å². The molecular formula is C15H24N6O. The zero-order valence-electron chi connectivity index (χ0n) is 13.7. The number of anilines is 1. The smallest absolute Gasteiger partial charge is 0.200 e. The van der Waals surface area contributed by atoms with Gasteiger partial charge in [-0.15, -0.1) is 10.2 Å². The van der Waals surface area contributed by atoms with Crippen LogP contribution in [0.1, 0.15) is 31.9 Å². The molecule has 1 saturated heterocycles. The van der Waals surface area contributed by atoms with Crippen molar-refractivity contribution in [1.82, 2.24) is 24.7 Å². The van der Waals surface area contributed by atoms with Crippen LogP contribution in [-0.4, -0.2) is 69.1 Å². The minimum atomic E-state index is -0.679. The van der Waals surface area contributed by atoms with E-state index < -0.39 is 5.60 Å². The molecule has 1 unspecified atom stereocenters. The van der Waals surface area contributed by atoms with Gasteiger partial charge in [0.25, 0.3) is 0 Å². The fourth-order valence-corrected chi connectivity index (χ4v) is 3.12. The third-order valence-corrected chi connectivity index (χ3v) is 4.14. The Labute approximate surface area is 130 Å². The molecule has 0 aliphatic carbocycles. The Morgan fingerprint density at radius 1 is 1.41 bits per heavy atom. The monoisotopic (exact) mass is 304 g/mol. The molecule has 120 valence electrons. The fraction of sp³-hybridized carbons (Fsp3) is 0.667. The molecule has 0 amide bonds. The van der Waals surface area contributed by atoms with Gasteiger partial charge in [0, 0.05) is 19.6 Å². The van der Waals surface area contributed by atoms with Crippen LogP contribution in [0.4, 0.5) is 5.69 Å². The Kier molecular flexibility index (Phi) is 3.78. The predicted octanol–water partition coefficient (Wildman–Crippen LogP) is 0.750. The molecule has 1 aliphatic heterocycles. The maximum atomic E-state index is 10.8. The summed E-state index contributed by atoms with van der Waals surface area (Å²) in [4.78, 5) is 4.23. The van der Waals surface area contributed by atoms with Crippen molar-refractivity contribution in [2.45, 2.75) is 31.8 Å². The average molecular weight is 304 g/mol. The van der Waals surface area contributed by atoms with Gasteiger partial charge in [-0.25, -0.2) is 0 Å². The summed E-state index contributed by atoms with van der Waals surface area (Å²) in [7, 11) is 3.97. The van der Waals surface area contributed by atoms with E-state index >= 15 is 0 Å². The van der Waals surface area contributed by atoms with Crippen molar-refractivity contribution >= 4 is 11.3 Å². The SMILES string of the molecule is CC(C)c1cc(N2CCC(O)(CN(C)C)C2)c2nncn2n1. The van der Waals surface area contributed by atoms with E-state index in [4.69, 9.17) is 0 Å². The normalized spacial score (nSPS) is 22.4. The van der Waals surface area contributed by atoms with Crippen molar-refractivity contribution in [3.8, 4) is 0 Å². The van der Waals surface area contributed by atoms with Gasteiger partial charge in [0.2, 0.25) is 5.65 Å². The number of rotatable bonds is 4. The van der Waals surface area contributed by atoms with Crippen LogP contribution in [0.25, 0.3) is 5.65 Å². The van der Waals surface area contributed by atoms with Gasteiger partial charge < -0.3 is 14.9 Å². The summed E-state index contributed by atoms with van der Waals surface area (Å²) in [5.41, 5.74) is 2.08. The fourth-order valence-electron chi connectivity index (χ4n) is 3.12. The van der Waals surface area contributed by atoms with Crippen LogP contribution < -0.4 is 4.90 Å². The highest BCUT2D eigenvalue weighted by atomic mass is 16.3. The van der Waals surface area contributed by atoms with Gasteiger partial charge in [-0.3, -0.25) is 0 Å². The molecule has 7 heteroatoms. The van der Waals surface area contributed by atoms with Crippen LogP contribution in [0.3, 0.4) is 0 Å². The molecule has 0 radical (unpaired) electrons. The van der Waals surface area contributed by atoms with Gasteiger partial charge in [0.15, 0.2) is 0 Å². The maximum absolute atomic E-state index is 10.8. The second kappa shape index (κ2) is 5.48. The number of nitrogens with zero attached hydrogens (tertiary/aromatic N) is 6. The summed E-state index contributed by atoms with van der Waals surface area (Å²) < 4.78 is 1.73. The van der Waals surface area contributed by atoms with Crippen molar-refractivity contribution in [1.29, 1.82) is 0 Å². The van der Waals surface area contributed by atoms with E-state index in [-0.39, 0.29) is 0 Å². The Morgan fingerprint density at radius 2 is 2.18 bits per heavy atom. The lowest BCUT2D eigenvalue weighted by Crippen LogP contribution is -2.42. The van der Waals surface area contributed by atoms with E-state index in [0.717, 1.165) is 30.0 Å². The molecule has 3 heterocycles. The van der Waals surface area contributed by atoms with Gasteiger partial charge in [-0.2, -0.15) is 9.61 Å². The summed E-state index contributed by atoms with van der Waals surface area (Å²) in [5, 5.41) is 23.5. The molecule has 1 N–H and O–H groups in total. The molecular weight excluding hydrogens is 280 g/mol. The highest BCUT2D eigenvalue weighted by molar-refractivity contribution is 5.69. The van der Waals surface area contributed by atoms with Crippen LogP contribution >= 0.6 is 0 Å². The first-order chi connectivity index (χ1) is 10.4. The van der Waals surface area contributed by atoms with E-state index in [2.05, 4.69) is 40.1 Å². The quantitative estimate of drug-likeness (QED) is 0.899. The molecule has 0 saturated carbocycles. The summed E-state index contributed by atoms with van der Waals surface area (Å²) in [5.74, 6) is 0.328. The van der Waals surface area contributed by atoms with Crippen LogP contribution in [0.5, 0.6) is 0 Å². The largest absolute Gasteiger partial charge is 0.387 e. The molecule has 0 spiro atoms. The van der Waals surface area contributed by atoms with E-state index in [1.165, 1.54) is 0 Å². The van der Waals surface area contributed by atoms with Crippen molar-refractivity contribution < 1.29 is 5.11 Å². The molecule has 2 aromatic heterocycles. The molecule has 1 atom stereocenters. The Morgan fingerprint density at radius 3 is 2.86 bits per heavy atom. The van der Waals surface area contributed by atoms with Crippen molar-refractivity contribution in [2.75, 3.05) is 38.6 Å². The molecule has 0 aromatic carbocycles. The Bertz CT molecular complexity index is 667. The summed E-state index contributed by atoms with van der Waals surface area (Å²) in [6.45, 7) is 6.32. The van der Waals surface area contributed by atoms with Crippen LogP contribution in [0, 0.1) is 0 Å². The third-order valence-electron chi connectivity index (χ3n) is 4.14. The minimum absolute atomic E-state index is 0.328. The van der Waals surface area contributed by atoms with Crippen LogP contribution in [0.2, 0.25) is 0 Å². The predicted molar refractivity (Wildman–Crippen MR) is 85.2 cm³/mol. The number of aliphatic hydroxyl groups is 1. The first kappa shape index (κ1) is 15.2. The van der Waals surface area contributed by atoms with Gasteiger partial charge in [0.1, 0.15) is 6.33 Å². The standard InChI is InChI=1S/C15H24N6O/c1-11(2)12-7-13(14-17-16-10-21(14)18-12)20-6-5-15(22,9-20)8-19(3)4/h7,10-11,22H,5-6,8-9H2,1-4H3. The maximum Gasteiger partial charge on any atom is 0.200 e. The molecule has 3 rings (SSSR count). The molecule has 1 fully saturated rings. The van der Waals surface area contributed by atoms with Gasteiger partial charge in [0.05, 0.1) is 17.0 Å². The van der Waals surface area contributed by atoms with Gasteiger partial charge >= 0.3 is 0 Å². The number of hydrogen-bond acceptors (Lipinski definition) is 6. The van der Waals surface area contributed by atoms with Crippen LogP contribution in [0.15, 0.2) is 12.4 Å². The van der Waals surface area contributed by atoms with Crippen molar-refractivity contribution in [2.24, 2.45) is 0 Å². The summed E-state index contributed by atoms with van der Waals surface area (Å²) in [6.07, 6.45) is 2.39. The lowest BCUT2D eigenvalue weighted by molar-refractivity contribution is 0.0366. The number of likely N-dealkylation sites (N-methyl/N-ethyl adjacent to an activating group) is 1. The highest BCUT2D eigenvalue weighted by Crippen LogP contribution is 2.30. The average Bonchev–Trinajstić information content (AvgIpc) is 3.03. The first-order valence-corrected chi connectivity index (χ1v) is 7.71. The van der Waals surface area contributed by atoms with E-state index in [9.17, 15) is 5.11 Å². The second-order valence-electron chi connectivity index (χ2n) is 6.84. The zero-order chi connectivity index (χ0) is 15.9. The lowest BCUT2D eigenvalue weighted by atomic mass is 10.0. The second-order valence-corrected chi connectivity index (χ2v) is 6.84. The topological polar surface area (TPSA) is 69.8 Å². The van der Waals surface area contributed by atoms with Gasteiger partial charge in [-0.1, -0.05) is 13.8 Å². The molecule has 1 aliphatic rings. The number of hydrogen-bond donors (Lipinski definition) is 1. The van der Waals surface area contributed by atoms with E-state index in [1.54, 1.807) is 10.8 Å². The number of fused-ring (bicyclic) bond motifs is 1. The molecule has 0 bridgehead atoms. The Balaban J connectivity index is 1.95. The minimum Gasteiger partial charge on any atom is -0.387 e. The highest BCUT2D eigenvalue weighted by Gasteiger charge is 2.37. The molecule has 7 nitrogen and oxygen atoms in total. The Hall–Kier alpha value is -1.73. The number of aromatic nitrogens is 4. The van der Waals surface area contributed by atoms with Crippen molar-refractivity contribution in [3.05, 3.63) is 18.1 Å². The molecule has 22 heavy (non-hydrogen) atoms. The third kappa shape index (κ3) is 2.78. The van der Waals surface area contributed by atoms with Crippen molar-refractivity contribution in [3.63, 3.8) is 0 Å². The van der Waals surface area contributed by atoms with Gasteiger partial charge in [-0.05, 0) is 32.5 Å². The summed E-state index contributed by atoms with van der Waals surface area (Å²) in [6, 6.07) is 2.08. The first-order valence-electron chi connectivity index (χ1n) is 7.71. The van der Waals surface area contributed by atoms with E-state index in [0.29, 0.717) is 19.0 Å². The zero-order valence-corrected chi connectivity index (χ0v) is 13.7. The summed E-state index contributed by atoms with van der Waals surface area (Å²) >= 11 is 0.